The molecular weight excluding hydrogens is 254 g/mol. The zero-order valence-electron chi connectivity index (χ0n) is 9.62. The summed E-state index contributed by atoms with van der Waals surface area (Å²) in [4.78, 5) is 4.45. The molecule has 0 aliphatic carbocycles. The van der Waals surface area contributed by atoms with Crippen molar-refractivity contribution >= 4 is 11.3 Å². The van der Waals surface area contributed by atoms with Gasteiger partial charge in [-0.1, -0.05) is 0 Å². The molecule has 1 saturated heterocycles. The van der Waals surface area contributed by atoms with Gasteiger partial charge in [-0.3, -0.25) is 0 Å². The Morgan fingerprint density at radius 2 is 2.22 bits per heavy atom. The zero-order chi connectivity index (χ0) is 12.5. The highest BCUT2D eigenvalue weighted by molar-refractivity contribution is 7.13. The zero-order valence-corrected chi connectivity index (χ0v) is 10.4. The van der Waals surface area contributed by atoms with Gasteiger partial charge in [0, 0.05) is 17.0 Å². The molecule has 5 heteroatoms. The first-order valence-electron chi connectivity index (χ1n) is 5.88. The molecule has 0 radical (unpaired) electrons. The third kappa shape index (κ3) is 2.15. The van der Waals surface area contributed by atoms with E-state index in [1.807, 2.05) is 5.38 Å². The van der Waals surface area contributed by atoms with Crippen molar-refractivity contribution in [2.75, 3.05) is 6.54 Å². The van der Waals surface area contributed by atoms with Crippen molar-refractivity contribution in [1.82, 2.24) is 10.3 Å². The number of thiazole rings is 1. The molecule has 0 saturated carbocycles. The molecule has 1 aromatic heterocycles. The Hall–Kier alpha value is -1.33. The lowest BCUT2D eigenvalue weighted by molar-refractivity contribution is 0.585. The molecule has 1 fully saturated rings. The van der Waals surface area contributed by atoms with Gasteiger partial charge in [-0.2, -0.15) is 0 Å². The van der Waals surface area contributed by atoms with Crippen molar-refractivity contribution in [3.63, 3.8) is 0 Å². The van der Waals surface area contributed by atoms with E-state index in [1.165, 1.54) is 23.5 Å². The third-order valence-corrected chi connectivity index (χ3v) is 3.99. The SMILES string of the molecule is Fc1ccc(-c2nc([C@@H]3CCCN3)cs2)c(F)c1. The second-order valence-electron chi connectivity index (χ2n) is 4.35. The molecule has 18 heavy (non-hydrogen) atoms. The van der Waals surface area contributed by atoms with Crippen LogP contribution >= 0.6 is 11.3 Å². The summed E-state index contributed by atoms with van der Waals surface area (Å²) in [5.74, 6) is -1.12. The van der Waals surface area contributed by atoms with Gasteiger partial charge in [0.1, 0.15) is 16.6 Å². The van der Waals surface area contributed by atoms with E-state index in [4.69, 9.17) is 0 Å². The van der Waals surface area contributed by atoms with E-state index < -0.39 is 11.6 Å². The Labute approximate surface area is 108 Å². The standard InChI is InChI=1S/C13H12F2N2S/c14-8-3-4-9(10(15)6-8)13-17-12(7-18-13)11-2-1-5-16-11/h3-4,6-7,11,16H,1-2,5H2/t11-/m0/s1. The van der Waals surface area contributed by atoms with Crippen LogP contribution in [0.15, 0.2) is 23.6 Å². The van der Waals surface area contributed by atoms with Crippen LogP contribution in [0.3, 0.4) is 0 Å². The summed E-state index contributed by atoms with van der Waals surface area (Å²) in [5, 5.41) is 5.90. The molecule has 1 aliphatic heterocycles. The predicted molar refractivity (Wildman–Crippen MR) is 67.4 cm³/mol. The van der Waals surface area contributed by atoms with E-state index in [-0.39, 0.29) is 6.04 Å². The fraction of sp³-hybridized carbons (Fsp3) is 0.308. The van der Waals surface area contributed by atoms with Gasteiger partial charge in [0.15, 0.2) is 0 Å². The van der Waals surface area contributed by atoms with Gasteiger partial charge in [0.05, 0.1) is 11.7 Å². The number of halogens is 2. The normalized spacial score (nSPS) is 19.3. The van der Waals surface area contributed by atoms with E-state index in [2.05, 4.69) is 10.3 Å². The van der Waals surface area contributed by atoms with Gasteiger partial charge in [-0.05, 0) is 31.5 Å². The minimum Gasteiger partial charge on any atom is -0.309 e. The minimum atomic E-state index is -0.564. The Bertz CT molecular complexity index is 562. The molecule has 2 nitrogen and oxygen atoms in total. The lowest BCUT2D eigenvalue weighted by Crippen LogP contribution is -2.12. The third-order valence-electron chi connectivity index (χ3n) is 3.10. The second-order valence-corrected chi connectivity index (χ2v) is 5.21. The number of aromatic nitrogens is 1. The van der Waals surface area contributed by atoms with Crippen molar-refractivity contribution < 1.29 is 8.78 Å². The van der Waals surface area contributed by atoms with Gasteiger partial charge in [-0.15, -0.1) is 11.3 Å². The van der Waals surface area contributed by atoms with Crippen molar-refractivity contribution in [3.8, 4) is 10.6 Å². The van der Waals surface area contributed by atoms with Crippen LogP contribution in [0.25, 0.3) is 10.6 Å². The Kier molecular flexibility index (Phi) is 3.09. The predicted octanol–water partition coefficient (Wildman–Crippen LogP) is 3.51. The molecule has 1 aliphatic rings. The molecule has 0 spiro atoms. The maximum atomic E-state index is 13.6. The smallest absolute Gasteiger partial charge is 0.136 e. The molecule has 1 atom stereocenters. The summed E-state index contributed by atoms with van der Waals surface area (Å²) in [6, 6.07) is 3.87. The highest BCUT2D eigenvalue weighted by Crippen LogP contribution is 2.31. The summed E-state index contributed by atoms with van der Waals surface area (Å²) in [5.41, 5.74) is 1.32. The molecule has 1 N–H and O–H groups in total. The number of hydrogen-bond donors (Lipinski definition) is 1. The first-order chi connectivity index (χ1) is 8.74. The molecular formula is C13H12F2N2S. The fourth-order valence-electron chi connectivity index (χ4n) is 2.17. The first kappa shape index (κ1) is 11.7. The number of nitrogens with zero attached hydrogens (tertiary/aromatic N) is 1. The first-order valence-corrected chi connectivity index (χ1v) is 6.76. The van der Waals surface area contributed by atoms with Gasteiger partial charge < -0.3 is 5.32 Å². The van der Waals surface area contributed by atoms with Gasteiger partial charge in [-0.25, -0.2) is 13.8 Å². The van der Waals surface area contributed by atoms with Crippen LogP contribution in [0.1, 0.15) is 24.6 Å². The molecule has 1 aromatic carbocycles. The minimum absolute atomic E-state index is 0.276. The second kappa shape index (κ2) is 4.74. The van der Waals surface area contributed by atoms with Crippen LogP contribution in [0, 0.1) is 11.6 Å². The van der Waals surface area contributed by atoms with E-state index in [0.717, 1.165) is 31.1 Å². The summed E-state index contributed by atoms with van der Waals surface area (Å²) >= 11 is 1.40. The Morgan fingerprint density at radius 3 is 2.94 bits per heavy atom. The Balaban J connectivity index is 1.92. The van der Waals surface area contributed by atoms with Crippen LogP contribution in [-0.2, 0) is 0 Å². The average molecular weight is 266 g/mol. The number of nitrogens with one attached hydrogen (secondary N) is 1. The van der Waals surface area contributed by atoms with Crippen LogP contribution < -0.4 is 5.32 Å². The topological polar surface area (TPSA) is 24.9 Å². The molecule has 2 heterocycles. The van der Waals surface area contributed by atoms with Crippen molar-refractivity contribution in [2.45, 2.75) is 18.9 Å². The van der Waals surface area contributed by atoms with Crippen LogP contribution in [0.2, 0.25) is 0 Å². The van der Waals surface area contributed by atoms with E-state index >= 15 is 0 Å². The summed E-state index contributed by atoms with van der Waals surface area (Å²) in [7, 11) is 0. The van der Waals surface area contributed by atoms with Gasteiger partial charge in [0.2, 0.25) is 0 Å². The van der Waals surface area contributed by atoms with Crippen LogP contribution in [-0.4, -0.2) is 11.5 Å². The maximum absolute atomic E-state index is 13.6. The highest BCUT2D eigenvalue weighted by Gasteiger charge is 2.20. The number of hydrogen-bond acceptors (Lipinski definition) is 3. The van der Waals surface area contributed by atoms with Crippen molar-refractivity contribution in [1.29, 1.82) is 0 Å². The lowest BCUT2D eigenvalue weighted by Gasteiger charge is -2.05. The van der Waals surface area contributed by atoms with Crippen molar-refractivity contribution in [3.05, 3.63) is 40.9 Å². The van der Waals surface area contributed by atoms with Crippen molar-refractivity contribution in [2.24, 2.45) is 0 Å². The van der Waals surface area contributed by atoms with E-state index in [1.54, 1.807) is 0 Å². The lowest BCUT2D eigenvalue weighted by atomic mass is 10.2. The molecule has 0 bridgehead atoms. The van der Waals surface area contributed by atoms with Crippen LogP contribution in [0.5, 0.6) is 0 Å². The molecule has 94 valence electrons. The van der Waals surface area contributed by atoms with E-state index in [0.29, 0.717) is 10.6 Å². The molecule has 2 aromatic rings. The average Bonchev–Trinajstić information content (AvgIpc) is 2.99. The monoisotopic (exact) mass is 266 g/mol. The summed E-state index contributed by atoms with van der Waals surface area (Å²) in [6.07, 6.45) is 2.21. The summed E-state index contributed by atoms with van der Waals surface area (Å²) in [6.45, 7) is 1.00. The quantitative estimate of drug-likeness (QED) is 0.899. The largest absolute Gasteiger partial charge is 0.309 e. The van der Waals surface area contributed by atoms with Crippen LogP contribution in [0.4, 0.5) is 8.78 Å². The molecule has 3 rings (SSSR count). The highest BCUT2D eigenvalue weighted by atomic mass is 32.1. The van der Waals surface area contributed by atoms with E-state index in [9.17, 15) is 8.78 Å². The molecule has 0 unspecified atom stereocenters. The van der Waals surface area contributed by atoms with Gasteiger partial charge >= 0.3 is 0 Å². The molecule has 0 amide bonds. The maximum Gasteiger partial charge on any atom is 0.136 e. The van der Waals surface area contributed by atoms with Gasteiger partial charge in [0.25, 0.3) is 0 Å². The Morgan fingerprint density at radius 1 is 1.33 bits per heavy atom. The fourth-order valence-corrected chi connectivity index (χ4v) is 3.07. The summed E-state index contributed by atoms with van der Waals surface area (Å²) < 4.78 is 26.5. The number of rotatable bonds is 2. The number of benzene rings is 1.